The standard InChI is InChI=1S/C20H19N5O3/c1-3-24-19(27)14-8-4-6-10-16(14)25-18(22-23-20(24)25)12-28-17-11-7-5-9-15(17)21-13(2)26/h4-11H,3,12H2,1-2H3,(H,21,26). The molecule has 0 radical (unpaired) electrons. The van der Waals surface area contributed by atoms with Gasteiger partial charge in [0.15, 0.2) is 5.82 Å². The number of anilines is 1. The molecule has 0 unspecified atom stereocenters. The Hall–Kier alpha value is -3.68. The van der Waals surface area contributed by atoms with Crippen molar-refractivity contribution in [1.29, 1.82) is 0 Å². The fraction of sp³-hybridized carbons (Fsp3) is 0.200. The second-order valence-corrected chi connectivity index (χ2v) is 6.28. The number of ether oxygens (including phenoxy) is 1. The molecule has 2 heterocycles. The molecule has 0 fully saturated rings. The first-order chi connectivity index (χ1) is 13.6. The number of aromatic nitrogens is 4. The summed E-state index contributed by atoms with van der Waals surface area (Å²) in [5.74, 6) is 1.38. The third kappa shape index (κ3) is 2.98. The Labute approximate surface area is 160 Å². The van der Waals surface area contributed by atoms with E-state index < -0.39 is 0 Å². The number of hydrogen-bond acceptors (Lipinski definition) is 5. The van der Waals surface area contributed by atoms with E-state index in [4.69, 9.17) is 4.74 Å². The van der Waals surface area contributed by atoms with Gasteiger partial charge in [0.1, 0.15) is 12.4 Å². The summed E-state index contributed by atoms with van der Waals surface area (Å²) < 4.78 is 9.34. The molecule has 4 rings (SSSR count). The van der Waals surface area contributed by atoms with Crippen molar-refractivity contribution in [1.82, 2.24) is 19.2 Å². The van der Waals surface area contributed by atoms with Gasteiger partial charge in [0.05, 0.1) is 16.6 Å². The van der Waals surface area contributed by atoms with Crippen LogP contribution in [0.3, 0.4) is 0 Å². The maximum absolute atomic E-state index is 12.7. The van der Waals surface area contributed by atoms with Crippen LogP contribution in [0.5, 0.6) is 5.75 Å². The van der Waals surface area contributed by atoms with Crippen molar-refractivity contribution < 1.29 is 9.53 Å². The minimum absolute atomic E-state index is 0.0959. The molecule has 0 aliphatic rings. The van der Waals surface area contributed by atoms with Crippen LogP contribution >= 0.6 is 0 Å². The molecule has 0 bridgehead atoms. The third-order valence-electron chi connectivity index (χ3n) is 4.45. The van der Waals surface area contributed by atoms with E-state index >= 15 is 0 Å². The van der Waals surface area contributed by atoms with Crippen molar-refractivity contribution >= 4 is 28.3 Å². The lowest BCUT2D eigenvalue weighted by atomic mass is 10.2. The molecule has 0 aliphatic carbocycles. The van der Waals surface area contributed by atoms with E-state index in [2.05, 4.69) is 15.5 Å². The number of fused-ring (bicyclic) bond motifs is 3. The Bertz CT molecular complexity index is 1240. The Kier molecular flexibility index (Phi) is 4.52. The molecule has 0 atom stereocenters. The number of aryl methyl sites for hydroxylation is 1. The smallest absolute Gasteiger partial charge is 0.262 e. The fourth-order valence-electron chi connectivity index (χ4n) is 3.22. The van der Waals surface area contributed by atoms with Gasteiger partial charge in [0.25, 0.3) is 5.56 Å². The molecule has 2 aromatic carbocycles. The first kappa shape index (κ1) is 17.7. The van der Waals surface area contributed by atoms with Gasteiger partial charge in [0, 0.05) is 13.5 Å². The summed E-state index contributed by atoms with van der Waals surface area (Å²) >= 11 is 0. The Morgan fingerprint density at radius 1 is 1.11 bits per heavy atom. The van der Waals surface area contributed by atoms with Gasteiger partial charge in [-0.2, -0.15) is 0 Å². The zero-order valence-corrected chi connectivity index (χ0v) is 15.5. The zero-order chi connectivity index (χ0) is 19.7. The van der Waals surface area contributed by atoms with Gasteiger partial charge in [-0.25, -0.2) is 0 Å². The van der Waals surface area contributed by atoms with Crippen molar-refractivity contribution in [2.45, 2.75) is 27.0 Å². The molecule has 142 valence electrons. The summed E-state index contributed by atoms with van der Waals surface area (Å²) in [7, 11) is 0. The van der Waals surface area contributed by atoms with Crippen LogP contribution in [0, 0.1) is 0 Å². The van der Waals surface area contributed by atoms with E-state index in [0.29, 0.717) is 35.0 Å². The van der Waals surface area contributed by atoms with E-state index in [1.165, 1.54) is 6.92 Å². The van der Waals surface area contributed by atoms with Crippen molar-refractivity contribution in [3.05, 3.63) is 64.7 Å². The highest BCUT2D eigenvalue weighted by Crippen LogP contribution is 2.25. The summed E-state index contributed by atoms with van der Waals surface area (Å²) in [6.07, 6.45) is 0. The van der Waals surface area contributed by atoms with E-state index in [1.807, 2.05) is 41.7 Å². The quantitative estimate of drug-likeness (QED) is 0.577. The van der Waals surface area contributed by atoms with Crippen LogP contribution in [-0.4, -0.2) is 25.1 Å². The van der Waals surface area contributed by atoms with Crippen LogP contribution in [-0.2, 0) is 17.9 Å². The van der Waals surface area contributed by atoms with Gasteiger partial charge < -0.3 is 10.1 Å². The first-order valence-electron chi connectivity index (χ1n) is 8.95. The summed E-state index contributed by atoms with van der Waals surface area (Å²) in [4.78, 5) is 24.1. The lowest BCUT2D eigenvalue weighted by Crippen LogP contribution is -2.22. The van der Waals surface area contributed by atoms with Crippen LogP contribution < -0.4 is 15.6 Å². The lowest BCUT2D eigenvalue weighted by molar-refractivity contribution is -0.114. The molecule has 0 aliphatic heterocycles. The van der Waals surface area contributed by atoms with Crippen LogP contribution in [0.4, 0.5) is 5.69 Å². The van der Waals surface area contributed by atoms with Crippen LogP contribution in [0.1, 0.15) is 19.7 Å². The zero-order valence-electron chi connectivity index (χ0n) is 15.5. The maximum Gasteiger partial charge on any atom is 0.262 e. The molecule has 1 N–H and O–H groups in total. The fourth-order valence-corrected chi connectivity index (χ4v) is 3.22. The van der Waals surface area contributed by atoms with Crippen molar-refractivity contribution in [3.8, 4) is 5.75 Å². The molecule has 8 heteroatoms. The summed E-state index contributed by atoms with van der Waals surface area (Å²) in [5, 5.41) is 11.8. The van der Waals surface area contributed by atoms with Crippen molar-refractivity contribution in [2.75, 3.05) is 5.32 Å². The second kappa shape index (κ2) is 7.15. The number of nitrogens with one attached hydrogen (secondary N) is 1. The Balaban J connectivity index is 1.78. The molecule has 2 aromatic heterocycles. The van der Waals surface area contributed by atoms with Gasteiger partial charge in [-0.1, -0.05) is 24.3 Å². The number of rotatable bonds is 5. The third-order valence-corrected chi connectivity index (χ3v) is 4.45. The lowest BCUT2D eigenvalue weighted by Gasteiger charge is -2.12. The van der Waals surface area contributed by atoms with Crippen molar-refractivity contribution in [3.63, 3.8) is 0 Å². The number of para-hydroxylation sites is 3. The second-order valence-electron chi connectivity index (χ2n) is 6.28. The number of amides is 1. The average molecular weight is 377 g/mol. The summed E-state index contributed by atoms with van der Waals surface area (Å²) in [5.41, 5.74) is 1.21. The first-order valence-corrected chi connectivity index (χ1v) is 8.95. The molecule has 0 saturated heterocycles. The van der Waals surface area contributed by atoms with Crippen molar-refractivity contribution in [2.24, 2.45) is 0 Å². The SMILES string of the molecule is CCn1c(=O)c2ccccc2n2c(COc3ccccc3NC(C)=O)nnc12. The minimum atomic E-state index is -0.179. The van der Waals surface area contributed by atoms with Crippen LogP contribution in [0.25, 0.3) is 16.7 Å². The minimum Gasteiger partial charge on any atom is -0.483 e. The highest BCUT2D eigenvalue weighted by molar-refractivity contribution is 5.90. The Morgan fingerprint density at radius 2 is 1.86 bits per heavy atom. The number of hydrogen-bond donors (Lipinski definition) is 1. The van der Waals surface area contributed by atoms with E-state index in [9.17, 15) is 9.59 Å². The molecule has 8 nitrogen and oxygen atoms in total. The van der Waals surface area contributed by atoms with Gasteiger partial charge in [0.2, 0.25) is 11.7 Å². The molecule has 4 aromatic rings. The molecule has 28 heavy (non-hydrogen) atoms. The summed E-state index contributed by atoms with van der Waals surface area (Å²) in [6, 6.07) is 14.5. The normalized spacial score (nSPS) is 11.1. The van der Waals surface area contributed by atoms with Crippen LogP contribution in [0.15, 0.2) is 53.3 Å². The number of nitrogens with zero attached hydrogens (tertiary/aromatic N) is 4. The number of carbonyl (C=O) groups is 1. The number of carbonyl (C=O) groups excluding carboxylic acids is 1. The molecule has 0 saturated carbocycles. The van der Waals surface area contributed by atoms with Crippen LogP contribution in [0.2, 0.25) is 0 Å². The highest BCUT2D eigenvalue weighted by atomic mass is 16.5. The van der Waals surface area contributed by atoms with E-state index in [-0.39, 0.29) is 18.1 Å². The summed E-state index contributed by atoms with van der Waals surface area (Å²) in [6.45, 7) is 3.95. The monoisotopic (exact) mass is 377 g/mol. The topological polar surface area (TPSA) is 90.5 Å². The van der Waals surface area contributed by atoms with Gasteiger partial charge in [-0.05, 0) is 31.2 Å². The predicted octanol–water partition coefficient (Wildman–Crippen LogP) is 2.60. The maximum atomic E-state index is 12.7. The van der Waals surface area contributed by atoms with E-state index in [1.54, 1.807) is 22.8 Å². The largest absolute Gasteiger partial charge is 0.483 e. The molecular formula is C20H19N5O3. The molecule has 0 spiro atoms. The highest BCUT2D eigenvalue weighted by Gasteiger charge is 2.16. The average Bonchev–Trinajstić information content (AvgIpc) is 3.11. The van der Waals surface area contributed by atoms with Gasteiger partial charge >= 0.3 is 0 Å². The molecule has 1 amide bonds. The van der Waals surface area contributed by atoms with E-state index in [0.717, 1.165) is 5.52 Å². The number of benzene rings is 2. The molecular weight excluding hydrogens is 358 g/mol. The van der Waals surface area contributed by atoms with Gasteiger partial charge in [-0.3, -0.25) is 18.6 Å². The Morgan fingerprint density at radius 3 is 2.64 bits per heavy atom. The van der Waals surface area contributed by atoms with Gasteiger partial charge in [-0.15, -0.1) is 10.2 Å². The predicted molar refractivity (Wildman–Crippen MR) is 106 cm³/mol.